The van der Waals surface area contributed by atoms with Crippen LogP contribution in [0, 0.1) is 6.92 Å². The van der Waals surface area contributed by atoms with Crippen LogP contribution < -0.4 is 5.32 Å². The molecule has 2 aromatic heterocycles. The van der Waals surface area contributed by atoms with Gasteiger partial charge in [-0.25, -0.2) is 0 Å². The topological polar surface area (TPSA) is 58.4 Å². The number of nitrogens with one attached hydrogen (secondary N) is 1. The van der Waals surface area contributed by atoms with Gasteiger partial charge in [0.2, 0.25) is 0 Å². The van der Waals surface area contributed by atoms with Crippen LogP contribution in [0.1, 0.15) is 40.2 Å². The van der Waals surface area contributed by atoms with Crippen LogP contribution in [0.2, 0.25) is 0 Å². The van der Waals surface area contributed by atoms with Crippen molar-refractivity contribution in [2.75, 3.05) is 12.4 Å². The lowest BCUT2D eigenvalue weighted by atomic mass is 10.1. The highest BCUT2D eigenvalue weighted by Gasteiger charge is 2.15. The van der Waals surface area contributed by atoms with Gasteiger partial charge in [0.15, 0.2) is 0 Å². The average Bonchev–Trinajstić information content (AvgIpc) is 3.16. The monoisotopic (exact) mass is 349 g/mol. The number of amides is 1. The van der Waals surface area contributed by atoms with Gasteiger partial charge in [0.1, 0.15) is 5.76 Å². The molecule has 0 spiro atoms. The molecule has 0 aliphatic rings. The van der Waals surface area contributed by atoms with Gasteiger partial charge in [0, 0.05) is 18.3 Å². The van der Waals surface area contributed by atoms with Crippen LogP contribution in [0.15, 0.2) is 65.5 Å². The highest BCUT2D eigenvalue weighted by Crippen LogP contribution is 2.21. The summed E-state index contributed by atoms with van der Waals surface area (Å²) in [6.07, 6.45) is 5.09. The summed E-state index contributed by atoms with van der Waals surface area (Å²) in [6, 6.07) is 13.6. The quantitative estimate of drug-likeness (QED) is 0.715. The highest BCUT2D eigenvalue weighted by molar-refractivity contribution is 6.04. The molecule has 1 unspecified atom stereocenters. The summed E-state index contributed by atoms with van der Waals surface area (Å²) in [6.45, 7) is 4.76. The first-order valence-electron chi connectivity index (χ1n) is 8.58. The molecule has 26 heavy (non-hydrogen) atoms. The molecule has 1 N–H and O–H groups in total. The number of rotatable bonds is 6. The third-order valence-electron chi connectivity index (χ3n) is 4.37. The Morgan fingerprint density at radius 3 is 2.81 bits per heavy atom. The molecule has 3 aromatic rings. The lowest BCUT2D eigenvalue weighted by Crippen LogP contribution is -2.22. The van der Waals surface area contributed by atoms with Crippen LogP contribution in [-0.2, 0) is 6.54 Å². The van der Waals surface area contributed by atoms with Gasteiger partial charge in [0.25, 0.3) is 5.91 Å². The van der Waals surface area contributed by atoms with E-state index in [0.29, 0.717) is 11.3 Å². The lowest BCUT2D eigenvalue weighted by Gasteiger charge is -2.23. The summed E-state index contributed by atoms with van der Waals surface area (Å²) in [5.41, 5.74) is 3.40. The largest absolute Gasteiger partial charge is 0.468 e. The van der Waals surface area contributed by atoms with Crippen molar-refractivity contribution in [3.8, 4) is 0 Å². The second-order valence-corrected chi connectivity index (χ2v) is 6.51. The first-order chi connectivity index (χ1) is 12.5. The molecule has 2 heterocycles. The van der Waals surface area contributed by atoms with Crippen LogP contribution in [0.5, 0.6) is 0 Å². The predicted octanol–water partition coefficient (Wildman–Crippen LogP) is 4.43. The van der Waals surface area contributed by atoms with E-state index < -0.39 is 0 Å². The van der Waals surface area contributed by atoms with Crippen molar-refractivity contribution < 1.29 is 9.21 Å². The van der Waals surface area contributed by atoms with Gasteiger partial charge in [0.05, 0.1) is 24.2 Å². The molecule has 0 bridgehead atoms. The summed E-state index contributed by atoms with van der Waals surface area (Å²) in [7, 11) is 2.04. The molecule has 134 valence electrons. The second kappa shape index (κ2) is 7.97. The molecular formula is C21H23N3O2. The van der Waals surface area contributed by atoms with E-state index in [-0.39, 0.29) is 11.9 Å². The number of benzene rings is 1. The number of hydrogen-bond donors (Lipinski definition) is 1. The fourth-order valence-corrected chi connectivity index (χ4v) is 2.81. The number of pyridine rings is 1. The van der Waals surface area contributed by atoms with Crippen LogP contribution in [-0.4, -0.2) is 22.8 Å². The Morgan fingerprint density at radius 1 is 1.23 bits per heavy atom. The van der Waals surface area contributed by atoms with Crippen LogP contribution >= 0.6 is 0 Å². The molecule has 0 fully saturated rings. The van der Waals surface area contributed by atoms with Crippen LogP contribution in [0.4, 0.5) is 5.69 Å². The summed E-state index contributed by atoms with van der Waals surface area (Å²) in [4.78, 5) is 18.8. The number of carbonyl (C=O) groups is 1. The minimum atomic E-state index is -0.138. The minimum Gasteiger partial charge on any atom is -0.468 e. The van der Waals surface area contributed by atoms with Gasteiger partial charge < -0.3 is 9.73 Å². The SMILES string of the molecule is Cc1cncc(NC(=O)c2cccc(CN(C)C(C)c3ccco3)c2)c1. The van der Waals surface area contributed by atoms with E-state index >= 15 is 0 Å². The summed E-state index contributed by atoms with van der Waals surface area (Å²) >= 11 is 0. The van der Waals surface area contributed by atoms with Crippen molar-refractivity contribution >= 4 is 11.6 Å². The van der Waals surface area contributed by atoms with E-state index in [1.807, 2.05) is 56.4 Å². The molecule has 0 aliphatic heterocycles. The third kappa shape index (κ3) is 4.37. The number of aromatic nitrogens is 1. The molecule has 1 amide bonds. The maximum absolute atomic E-state index is 12.5. The average molecular weight is 349 g/mol. The highest BCUT2D eigenvalue weighted by atomic mass is 16.3. The number of carbonyl (C=O) groups excluding carboxylic acids is 1. The molecule has 0 saturated carbocycles. The Bertz CT molecular complexity index is 874. The van der Waals surface area contributed by atoms with Crippen LogP contribution in [0.25, 0.3) is 0 Å². The lowest BCUT2D eigenvalue weighted by molar-refractivity contribution is 0.102. The minimum absolute atomic E-state index is 0.138. The Kier molecular flexibility index (Phi) is 5.49. The second-order valence-electron chi connectivity index (χ2n) is 6.51. The number of furan rings is 1. The maximum Gasteiger partial charge on any atom is 0.255 e. The third-order valence-corrected chi connectivity index (χ3v) is 4.37. The molecular weight excluding hydrogens is 326 g/mol. The molecule has 0 aliphatic carbocycles. The number of nitrogens with zero attached hydrogens (tertiary/aromatic N) is 2. The first-order valence-corrected chi connectivity index (χ1v) is 8.58. The van der Waals surface area contributed by atoms with Crippen LogP contribution in [0.3, 0.4) is 0 Å². The standard InChI is InChI=1S/C21H23N3O2/c1-15-10-19(13-22-12-15)23-21(25)18-7-4-6-17(11-18)14-24(3)16(2)20-8-5-9-26-20/h4-13,16H,14H2,1-3H3,(H,23,25). The summed E-state index contributed by atoms with van der Waals surface area (Å²) < 4.78 is 5.48. The van der Waals surface area contributed by atoms with E-state index in [0.717, 1.165) is 23.4 Å². The predicted molar refractivity (Wildman–Crippen MR) is 102 cm³/mol. The van der Waals surface area contributed by atoms with Gasteiger partial charge >= 0.3 is 0 Å². The van der Waals surface area contributed by atoms with E-state index in [4.69, 9.17) is 4.42 Å². The van der Waals surface area contributed by atoms with E-state index in [2.05, 4.69) is 22.1 Å². The number of aryl methyl sites for hydroxylation is 1. The number of anilines is 1. The van der Waals surface area contributed by atoms with Gasteiger partial charge in [-0.05, 0) is 62.4 Å². The molecule has 0 radical (unpaired) electrons. The van der Waals surface area contributed by atoms with Crippen molar-refractivity contribution in [3.63, 3.8) is 0 Å². The summed E-state index contributed by atoms with van der Waals surface area (Å²) in [5, 5.41) is 2.89. The van der Waals surface area contributed by atoms with Crippen molar-refractivity contribution in [1.29, 1.82) is 0 Å². The fourth-order valence-electron chi connectivity index (χ4n) is 2.81. The zero-order valence-corrected chi connectivity index (χ0v) is 15.3. The molecule has 5 nitrogen and oxygen atoms in total. The van der Waals surface area contributed by atoms with E-state index in [9.17, 15) is 4.79 Å². The Hall–Kier alpha value is -2.92. The van der Waals surface area contributed by atoms with Gasteiger partial charge in [-0.3, -0.25) is 14.7 Å². The molecule has 0 saturated heterocycles. The van der Waals surface area contributed by atoms with Crippen molar-refractivity contribution in [1.82, 2.24) is 9.88 Å². The maximum atomic E-state index is 12.5. The van der Waals surface area contributed by atoms with Crippen molar-refractivity contribution in [3.05, 3.63) is 83.6 Å². The van der Waals surface area contributed by atoms with Gasteiger partial charge in [-0.2, -0.15) is 0 Å². The zero-order valence-electron chi connectivity index (χ0n) is 15.3. The smallest absolute Gasteiger partial charge is 0.255 e. The Balaban J connectivity index is 1.68. The Morgan fingerprint density at radius 2 is 2.08 bits per heavy atom. The van der Waals surface area contributed by atoms with Gasteiger partial charge in [-0.15, -0.1) is 0 Å². The zero-order chi connectivity index (χ0) is 18.5. The van der Waals surface area contributed by atoms with E-state index in [1.54, 1.807) is 18.7 Å². The van der Waals surface area contributed by atoms with Gasteiger partial charge in [-0.1, -0.05) is 12.1 Å². The number of hydrogen-bond acceptors (Lipinski definition) is 4. The first kappa shape index (κ1) is 17.9. The Labute approximate surface area is 153 Å². The normalized spacial score (nSPS) is 12.2. The molecule has 5 heteroatoms. The summed E-state index contributed by atoms with van der Waals surface area (Å²) in [5.74, 6) is 0.786. The van der Waals surface area contributed by atoms with Crippen molar-refractivity contribution in [2.24, 2.45) is 0 Å². The van der Waals surface area contributed by atoms with E-state index in [1.165, 1.54) is 0 Å². The fraction of sp³-hybridized carbons (Fsp3) is 0.238. The molecule has 3 rings (SSSR count). The molecule has 1 atom stereocenters. The van der Waals surface area contributed by atoms with Crippen molar-refractivity contribution in [2.45, 2.75) is 26.4 Å². The molecule has 1 aromatic carbocycles.